The lowest BCUT2D eigenvalue weighted by Gasteiger charge is -2.29. The third-order valence-corrected chi connectivity index (χ3v) is 4.22. The minimum Gasteiger partial charge on any atom is -0.345 e. The summed E-state index contributed by atoms with van der Waals surface area (Å²) in [4.78, 5) is 13.9. The molecular formula is C16H24Cl2N2O. The van der Waals surface area contributed by atoms with Crippen LogP contribution < -0.4 is 5.73 Å². The molecule has 0 spiro atoms. The molecule has 1 aromatic rings. The number of benzene rings is 1. The summed E-state index contributed by atoms with van der Waals surface area (Å²) in [5.41, 5.74) is 6.75. The molecule has 0 radical (unpaired) electrons. The molecule has 0 saturated heterocycles. The van der Waals surface area contributed by atoms with Crippen molar-refractivity contribution in [3.63, 3.8) is 0 Å². The first-order chi connectivity index (χ1) is 9.75. The number of nitrogens with two attached hydrogens (primary N) is 1. The van der Waals surface area contributed by atoms with Crippen molar-refractivity contribution in [2.75, 3.05) is 20.1 Å². The van der Waals surface area contributed by atoms with E-state index >= 15 is 0 Å². The Hall–Kier alpha value is -0.770. The summed E-state index contributed by atoms with van der Waals surface area (Å²) in [6.07, 6.45) is 2.14. The summed E-state index contributed by atoms with van der Waals surface area (Å²) in [5.74, 6) is 0.150. The van der Waals surface area contributed by atoms with Crippen molar-refractivity contribution in [3.8, 4) is 0 Å². The first-order valence-corrected chi connectivity index (χ1v) is 7.89. The Bertz CT molecular complexity index is 489. The minimum absolute atomic E-state index is 0.0475. The number of amides is 1. The molecule has 0 bridgehead atoms. The molecule has 21 heavy (non-hydrogen) atoms. The quantitative estimate of drug-likeness (QED) is 0.827. The Labute approximate surface area is 137 Å². The van der Waals surface area contributed by atoms with Crippen LogP contribution in [0.4, 0.5) is 0 Å². The first kappa shape index (κ1) is 18.3. The van der Waals surface area contributed by atoms with E-state index < -0.39 is 0 Å². The van der Waals surface area contributed by atoms with Gasteiger partial charge in [0.15, 0.2) is 0 Å². The zero-order chi connectivity index (χ0) is 16.0. The van der Waals surface area contributed by atoms with E-state index in [-0.39, 0.29) is 11.3 Å². The van der Waals surface area contributed by atoms with Crippen molar-refractivity contribution in [2.45, 2.75) is 33.1 Å². The van der Waals surface area contributed by atoms with Gasteiger partial charge in [-0.2, -0.15) is 0 Å². The third kappa shape index (κ3) is 6.25. The van der Waals surface area contributed by atoms with E-state index in [0.717, 1.165) is 18.4 Å². The number of halogens is 2. The van der Waals surface area contributed by atoms with Crippen molar-refractivity contribution in [1.82, 2.24) is 4.90 Å². The summed E-state index contributed by atoms with van der Waals surface area (Å²) in [7, 11) is 1.83. The normalized spacial score (nSPS) is 11.5. The highest BCUT2D eigenvalue weighted by Gasteiger charge is 2.20. The molecule has 118 valence electrons. The Kier molecular flexibility index (Phi) is 6.98. The zero-order valence-corrected chi connectivity index (χ0v) is 14.5. The third-order valence-electron chi connectivity index (χ3n) is 3.48. The van der Waals surface area contributed by atoms with Crippen LogP contribution >= 0.6 is 23.2 Å². The van der Waals surface area contributed by atoms with Gasteiger partial charge in [-0.3, -0.25) is 4.79 Å². The monoisotopic (exact) mass is 330 g/mol. The lowest BCUT2D eigenvalue weighted by Crippen LogP contribution is -2.39. The molecule has 1 amide bonds. The molecule has 0 aliphatic carbocycles. The van der Waals surface area contributed by atoms with Crippen molar-refractivity contribution in [1.29, 1.82) is 0 Å². The highest BCUT2D eigenvalue weighted by atomic mass is 35.5. The molecule has 1 aromatic carbocycles. The molecule has 2 N–H and O–H groups in total. The van der Waals surface area contributed by atoms with Gasteiger partial charge < -0.3 is 10.6 Å². The summed E-state index contributed by atoms with van der Waals surface area (Å²) in [6, 6.07) is 5.59. The fourth-order valence-electron chi connectivity index (χ4n) is 2.12. The van der Waals surface area contributed by atoms with Crippen LogP contribution in [0, 0.1) is 5.41 Å². The van der Waals surface area contributed by atoms with Gasteiger partial charge in [0.1, 0.15) is 0 Å². The first-order valence-electron chi connectivity index (χ1n) is 7.13. The fraction of sp³-hybridized carbons (Fsp3) is 0.562. The summed E-state index contributed by atoms with van der Waals surface area (Å²) in [5, 5.41) is 1.11. The van der Waals surface area contributed by atoms with Crippen LogP contribution in [0.15, 0.2) is 18.2 Å². The maximum Gasteiger partial charge on any atom is 0.222 e. The molecule has 0 aliphatic heterocycles. The van der Waals surface area contributed by atoms with Crippen molar-refractivity contribution in [2.24, 2.45) is 11.1 Å². The minimum atomic E-state index is -0.0475. The van der Waals surface area contributed by atoms with Gasteiger partial charge in [-0.1, -0.05) is 43.1 Å². The number of nitrogens with zero attached hydrogens (tertiary/aromatic N) is 1. The van der Waals surface area contributed by atoms with Crippen LogP contribution in [0.1, 0.15) is 32.3 Å². The molecule has 0 aromatic heterocycles. The van der Waals surface area contributed by atoms with Crippen molar-refractivity contribution in [3.05, 3.63) is 33.8 Å². The van der Waals surface area contributed by atoms with E-state index in [9.17, 15) is 4.79 Å². The Morgan fingerprint density at radius 2 is 1.95 bits per heavy atom. The maximum absolute atomic E-state index is 12.1. The topological polar surface area (TPSA) is 46.3 Å². The molecule has 5 heteroatoms. The zero-order valence-electron chi connectivity index (χ0n) is 13.0. The van der Waals surface area contributed by atoms with E-state index in [0.29, 0.717) is 29.6 Å². The van der Waals surface area contributed by atoms with Gasteiger partial charge in [0.2, 0.25) is 5.91 Å². The predicted molar refractivity (Wildman–Crippen MR) is 89.9 cm³/mol. The molecule has 0 heterocycles. The molecular weight excluding hydrogens is 307 g/mol. The summed E-state index contributed by atoms with van der Waals surface area (Å²) >= 11 is 11.9. The van der Waals surface area contributed by atoms with Crippen LogP contribution in [0.25, 0.3) is 0 Å². The lowest BCUT2D eigenvalue weighted by atomic mass is 9.93. The highest BCUT2D eigenvalue weighted by molar-refractivity contribution is 6.42. The van der Waals surface area contributed by atoms with Gasteiger partial charge >= 0.3 is 0 Å². The van der Waals surface area contributed by atoms with E-state index in [4.69, 9.17) is 28.9 Å². The number of hydrogen-bond acceptors (Lipinski definition) is 2. The Morgan fingerprint density at radius 1 is 1.29 bits per heavy atom. The second kappa shape index (κ2) is 8.02. The average molecular weight is 331 g/mol. The smallest absolute Gasteiger partial charge is 0.222 e. The van der Waals surface area contributed by atoms with Crippen LogP contribution in [0.5, 0.6) is 0 Å². The standard InChI is InChI=1S/C16H24Cl2N2O/c1-16(2,10-19)11-20(3)15(21)6-4-5-12-7-8-13(17)14(18)9-12/h7-9H,4-6,10-11,19H2,1-3H3. The number of carbonyl (C=O) groups is 1. The number of carbonyl (C=O) groups excluding carboxylic acids is 1. The lowest BCUT2D eigenvalue weighted by molar-refractivity contribution is -0.131. The molecule has 0 atom stereocenters. The summed E-state index contributed by atoms with van der Waals surface area (Å²) < 4.78 is 0. The predicted octanol–water partition coefficient (Wildman–Crippen LogP) is 3.76. The van der Waals surface area contributed by atoms with Crippen molar-refractivity contribution >= 4 is 29.1 Å². The van der Waals surface area contributed by atoms with E-state index in [2.05, 4.69) is 13.8 Å². The van der Waals surface area contributed by atoms with Gasteiger partial charge in [-0.15, -0.1) is 0 Å². The number of rotatable bonds is 7. The highest BCUT2D eigenvalue weighted by Crippen LogP contribution is 2.23. The number of aryl methyl sites for hydroxylation is 1. The van der Waals surface area contributed by atoms with E-state index in [1.54, 1.807) is 11.0 Å². The van der Waals surface area contributed by atoms with Gasteiger partial charge in [0, 0.05) is 20.0 Å². The molecule has 0 saturated carbocycles. The fourth-order valence-corrected chi connectivity index (χ4v) is 2.45. The second-order valence-electron chi connectivity index (χ2n) is 6.22. The van der Waals surface area contributed by atoms with Gasteiger partial charge in [0.05, 0.1) is 10.0 Å². The van der Waals surface area contributed by atoms with E-state index in [1.807, 2.05) is 19.2 Å². The number of hydrogen-bond donors (Lipinski definition) is 1. The van der Waals surface area contributed by atoms with Crippen LogP contribution in [-0.4, -0.2) is 30.9 Å². The average Bonchev–Trinajstić information content (AvgIpc) is 2.42. The molecule has 0 aliphatic rings. The molecule has 0 unspecified atom stereocenters. The van der Waals surface area contributed by atoms with Gasteiger partial charge in [0.25, 0.3) is 0 Å². The maximum atomic E-state index is 12.1. The molecule has 1 rings (SSSR count). The summed E-state index contributed by atoms with van der Waals surface area (Å²) in [6.45, 7) is 5.36. The van der Waals surface area contributed by atoms with Crippen LogP contribution in [0.3, 0.4) is 0 Å². The van der Waals surface area contributed by atoms with Gasteiger partial charge in [-0.25, -0.2) is 0 Å². The van der Waals surface area contributed by atoms with Crippen LogP contribution in [0.2, 0.25) is 10.0 Å². The Balaban J connectivity index is 2.41. The van der Waals surface area contributed by atoms with E-state index in [1.165, 1.54) is 0 Å². The van der Waals surface area contributed by atoms with Crippen molar-refractivity contribution < 1.29 is 4.79 Å². The molecule has 0 fully saturated rings. The van der Waals surface area contributed by atoms with Gasteiger partial charge in [-0.05, 0) is 42.5 Å². The SMILES string of the molecule is CN(CC(C)(C)CN)C(=O)CCCc1ccc(Cl)c(Cl)c1. The second-order valence-corrected chi connectivity index (χ2v) is 7.03. The molecule has 3 nitrogen and oxygen atoms in total. The van der Waals surface area contributed by atoms with Crippen LogP contribution in [-0.2, 0) is 11.2 Å². The Morgan fingerprint density at radius 3 is 2.52 bits per heavy atom. The largest absolute Gasteiger partial charge is 0.345 e.